The molecule has 0 aliphatic rings. The minimum absolute atomic E-state index is 0.472. The van der Waals surface area contributed by atoms with Gasteiger partial charge < -0.3 is 14.8 Å². The first-order chi connectivity index (χ1) is 12.6. The number of thiocarbonyl (C=S) groups is 1. The molecule has 7 heteroatoms. The predicted octanol–water partition coefficient (Wildman–Crippen LogP) is 4.24. The van der Waals surface area contributed by atoms with Crippen LogP contribution in [0.25, 0.3) is 0 Å². The Kier molecular flexibility index (Phi) is 8.37. The maximum absolute atomic E-state index is 5.91. The normalized spacial score (nSPS) is 10.6. The van der Waals surface area contributed by atoms with E-state index in [0.717, 1.165) is 22.1 Å². The molecule has 2 N–H and O–H groups in total. The second-order valence-electron chi connectivity index (χ2n) is 5.28. The molecule has 5 nitrogen and oxygen atoms in total. The molecule has 0 amide bonds. The second kappa shape index (κ2) is 10.8. The maximum atomic E-state index is 5.91. The van der Waals surface area contributed by atoms with Gasteiger partial charge in [-0.15, -0.1) is 0 Å². The molecule has 2 rings (SSSR count). The summed E-state index contributed by atoms with van der Waals surface area (Å²) in [7, 11) is 0. The van der Waals surface area contributed by atoms with Crippen LogP contribution in [0.15, 0.2) is 52.0 Å². The van der Waals surface area contributed by atoms with Gasteiger partial charge in [-0.25, -0.2) is 0 Å². The summed E-state index contributed by atoms with van der Waals surface area (Å²) in [4.78, 5) is 0. The SMILES string of the molecule is CCNC(=S)N/N=C/c1ccc(OCc2ccc(Br)cc2)c(OCC)c1. The van der Waals surface area contributed by atoms with E-state index >= 15 is 0 Å². The van der Waals surface area contributed by atoms with Gasteiger partial charge in [-0.05, 0) is 67.5 Å². The van der Waals surface area contributed by atoms with Crippen molar-refractivity contribution in [3.63, 3.8) is 0 Å². The van der Waals surface area contributed by atoms with Crippen LogP contribution >= 0.6 is 28.1 Å². The minimum atomic E-state index is 0.472. The molecule has 0 atom stereocenters. The molecule has 0 aliphatic carbocycles. The summed E-state index contributed by atoms with van der Waals surface area (Å²) in [6.07, 6.45) is 1.69. The zero-order valence-electron chi connectivity index (χ0n) is 14.8. The first-order valence-electron chi connectivity index (χ1n) is 8.33. The van der Waals surface area contributed by atoms with E-state index in [1.54, 1.807) is 6.21 Å². The van der Waals surface area contributed by atoms with E-state index in [1.807, 2.05) is 56.3 Å². The number of hydrogen-bond acceptors (Lipinski definition) is 4. The van der Waals surface area contributed by atoms with Crippen molar-refractivity contribution < 1.29 is 9.47 Å². The summed E-state index contributed by atoms with van der Waals surface area (Å²) in [5.74, 6) is 1.38. The lowest BCUT2D eigenvalue weighted by atomic mass is 10.2. The third kappa shape index (κ3) is 6.65. The lowest BCUT2D eigenvalue weighted by molar-refractivity contribution is 0.269. The number of hydrazone groups is 1. The molecule has 138 valence electrons. The zero-order valence-corrected chi connectivity index (χ0v) is 17.2. The van der Waals surface area contributed by atoms with Gasteiger partial charge in [0.15, 0.2) is 16.6 Å². The molecule has 0 saturated carbocycles. The fraction of sp³-hybridized carbons (Fsp3) is 0.263. The van der Waals surface area contributed by atoms with E-state index in [1.165, 1.54) is 0 Å². The molecular formula is C19H22BrN3O2S. The molecule has 2 aromatic carbocycles. The van der Waals surface area contributed by atoms with Crippen molar-refractivity contribution in [2.45, 2.75) is 20.5 Å². The number of hydrogen-bond donors (Lipinski definition) is 2. The van der Waals surface area contributed by atoms with Crippen LogP contribution in [0.2, 0.25) is 0 Å². The standard InChI is InChI=1S/C19H22BrN3O2S/c1-3-21-19(26)23-22-12-15-7-10-17(18(11-15)24-4-2)25-13-14-5-8-16(20)9-6-14/h5-12H,3-4,13H2,1-2H3,(H2,21,23,26)/b22-12+. The fourth-order valence-electron chi connectivity index (χ4n) is 2.10. The molecular weight excluding hydrogens is 414 g/mol. The molecule has 2 aromatic rings. The van der Waals surface area contributed by atoms with E-state index in [9.17, 15) is 0 Å². The molecule has 0 heterocycles. The van der Waals surface area contributed by atoms with E-state index in [-0.39, 0.29) is 0 Å². The van der Waals surface area contributed by atoms with Crippen molar-refractivity contribution in [1.82, 2.24) is 10.7 Å². The molecule has 0 fully saturated rings. The van der Waals surface area contributed by atoms with Crippen molar-refractivity contribution in [2.75, 3.05) is 13.2 Å². The molecule has 0 radical (unpaired) electrons. The van der Waals surface area contributed by atoms with Gasteiger partial charge in [0, 0.05) is 11.0 Å². The second-order valence-corrected chi connectivity index (χ2v) is 6.61. The largest absolute Gasteiger partial charge is 0.490 e. The Bertz CT molecular complexity index is 751. The molecule has 0 spiro atoms. The quantitative estimate of drug-likeness (QED) is 0.368. The van der Waals surface area contributed by atoms with Gasteiger partial charge in [0.05, 0.1) is 12.8 Å². The van der Waals surface area contributed by atoms with Crippen LogP contribution in [-0.2, 0) is 6.61 Å². The Morgan fingerprint density at radius 3 is 2.58 bits per heavy atom. The van der Waals surface area contributed by atoms with Gasteiger partial charge in [0.25, 0.3) is 0 Å². The van der Waals surface area contributed by atoms with E-state index in [0.29, 0.717) is 29.8 Å². The van der Waals surface area contributed by atoms with Crippen LogP contribution in [0.4, 0.5) is 0 Å². The van der Waals surface area contributed by atoms with Gasteiger partial charge in [-0.3, -0.25) is 5.43 Å². The van der Waals surface area contributed by atoms with Crippen LogP contribution in [-0.4, -0.2) is 24.5 Å². The number of ether oxygens (including phenoxy) is 2. The van der Waals surface area contributed by atoms with E-state index < -0.39 is 0 Å². The smallest absolute Gasteiger partial charge is 0.186 e. The molecule has 0 saturated heterocycles. The first-order valence-corrected chi connectivity index (χ1v) is 9.53. The fourth-order valence-corrected chi connectivity index (χ4v) is 2.56. The Labute approximate surface area is 167 Å². The van der Waals surface area contributed by atoms with Crippen molar-refractivity contribution in [3.8, 4) is 11.5 Å². The van der Waals surface area contributed by atoms with Crippen molar-refractivity contribution in [1.29, 1.82) is 0 Å². The van der Waals surface area contributed by atoms with E-state index in [4.69, 9.17) is 21.7 Å². The summed E-state index contributed by atoms with van der Waals surface area (Å²) in [5, 5.41) is 7.57. The summed E-state index contributed by atoms with van der Waals surface area (Å²) in [5.41, 5.74) is 4.73. The molecule has 26 heavy (non-hydrogen) atoms. The van der Waals surface area contributed by atoms with Crippen LogP contribution in [0.5, 0.6) is 11.5 Å². The highest BCUT2D eigenvalue weighted by Gasteiger charge is 2.06. The molecule has 0 aliphatic heterocycles. The van der Waals surface area contributed by atoms with Crippen molar-refractivity contribution in [2.24, 2.45) is 5.10 Å². The number of rotatable bonds is 8. The zero-order chi connectivity index (χ0) is 18.8. The van der Waals surface area contributed by atoms with Gasteiger partial charge in [-0.1, -0.05) is 28.1 Å². The average Bonchev–Trinajstić information content (AvgIpc) is 2.63. The number of nitrogens with one attached hydrogen (secondary N) is 2. The number of nitrogens with zero attached hydrogens (tertiary/aromatic N) is 1. The van der Waals surface area contributed by atoms with Gasteiger partial charge >= 0.3 is 0 Å². The Balaban J connectivity index is 2.03. The van der Waals surface area contributed by atoms with Crippen LogP contribution in [0, 0.1) is 0 Å². The number of benzene rings is 2. The predicted molar refractivity (Wildman–Crippen MR) is 113 cm³/mol. The topological polar surface area (TPSA) is 54.9 Å². The minimum Gasteiger partial charge on any atom is -0.490 e. The maximum Gasteiger partial charge on any atom is 0.186 e. The first kappa shape index (κ1) is 20.2. The Hall–Kier alpha value is -2.12. The summed E-state index contributed by atoms with van der Waals surface area (Å²) in [6, 6.07) is 13.7. The third-order valence-electron chi connectivity index (χ3n) is 3.29. The van der Waals surface area contributed by atoms with Crippen molar-refractivity contribution >= 4 is 39.5 Å². The lowest BCUT2D eigenvalue weighted by Crippen LogP contribution is -2.31. The molecule has 0 bridgehead atoms. The van der Waals surface area contributed by atoms with Gasteiger partial charge in [0.1, 0.15) is 6.61 Å². The van der Waals surface area contributed by atoms with Gasteiger partial charge in [0.2, 0.25) is 0 Å². The molecule has 0 unspecified atom stereocenters. The highest BCUT2D eigenvalue weighted by molar-refractivity contribution is 9.10. The highest BCUT2D eigenvalue weighted by atomic mass is 79.9. The highest BCUT2D eigenvalue weighted by Crippen LogP contribution is 2.29. The summed E-state index contributed by atoms with van der Waals surface area (Å²) < 4.78 is 12.7. The van der Waals surface area contributed by atoms with Crippen LogP contribution in [0.3, 0.4) is 0 Å². The summed E-state index contributed by atoms with van der Waals surface area (Å²) in [6.45, 7) is 5.69. The van der Waals surface area contributed by atoms with Crippen LogP contribution in [0.1, 0.15) is 25.0 Å². The lowest BCUT2D eigenvalue weighted by Gasteiger charge is -2.12. The number of halogens is 1. The van der Waals surface area contributed by atoms with Crippen LogP contribution < -0.4 is 20.2 Å². The Morgan fingerprint density at radius 2 is 1.88 bits per heavy atom. The van der Waals surface area contributed by atoms with E-state index in [2.05, 4.69) is 31.8 Å². The van der Waals surface area contributed by atoms with Crippen molar-refractivity contribution in [3.05, 3.63) is 58.1 Å². The monoisotopic (exact) mass is 435 g/mol. The van der Waals surface area contributed by atoms with Gasteiger partial charge in [-0.2, -0.15) is 5.10 Å². The Morgan fingerprint density at radius 1 is 1.12 bits per heavy atom. The molecule has 0 aromatic heterocycles. The summed E-state index contributed by atoms with van der Waals surface area (Å²) >= 11 is 8.49. The average molecular weight is 436 g/mol. The third-order valence-corrected chi connectivity index (χ3v) is 4.06.